The average Bonchev–Trinajstić information content (AvgIpc) is 2.39. The number of benzene rings is 1. The minimum atomic E-state index is 0.533. The molecule has 2 aromatic rings. The normalized spacial score (nSPS) is 17.8. The fourth-order valence-electron chi connectivity index (χ4n) is 2.43. The molecular formula is C13H15N3. The van der Waals surface area contributed by atoms with Crippen LogP contribution in [0.25, 0.3) is 11.0 Å². The Kier molecular flexibility index (Phi) is 2.52. The van der Waals surface area contributed by atoms with Crippen LogP contribution in [0.5, 0.6) is 0 Å². The maximum Gasteiger partial charge on any atom is 0.154 e. The molecule has 1 fully saturated rings. The van der Waals surface area contributed by atoms with E-state index >= 15 is 0 Å². The zero-order valence-electron chi connectivity index (χ0n) is 9.26. The fourth-order valence-corrected chi connectivity index (χ4v) is 2.43. The number of hydrogen-bond acceptors (Lipinski definition) is 3. The van der Waals surface area contributed by atoms with Gasteiger partial charge in [-0.25, -0.2) is 4.98 Å². The molecule has 0 spiro atoms. The molecular weight excluding hydrogens is 198 g/mol. The maximum atomic E-state index is 4.63. The quantitative estimate of drug-likeness (QED) is 0.730. The van der Waals surface area contributed by atoms with Gasteiger partial charge in [0.15, 0.2) is 5.82 Å². The molecule has 0 radical (unpaired) electrons. The minimum Gasteiger partial charge on any atom is -0.229 e. The molecule has 1 heterocycles. The summed E-state index contributed by atoms with van der Waals surface area (Å²) in [6.45, 7) is 0. The largest absolute Gasteiger partial charge is 0.229 e. The van der Waals surface area contributed by atoms with Crippen LogP contribution in [0, 0.1) is 0 Å². The van der Waals surface area contributed by atoms with E-state index in [9.17, 15) is 0 Å². The average molecular weight is 213 g/mol. The summed E-state index contributed by atoms with van der Waals surface area (Å²) >= 11 is 0. The van der Waals surface area contributed by atoms with Crippen LogP contribution in [0.4, 0.5) is 0 Å². The molecule has 1 aromatic heterocycles. The van der Waals surface area contributed by atoms with Gasteiger partial charge >= 0.3 is 0 Å². The van der Waals surface area contributed by atoms with E-state index in [0.29, 0.717) is 5.92 Å². The van der Waals surface area contributed by atoms with E-state index in [2.05, 4.69) is 15.2 Å². The highest BCUT2D eigenvalue weighted by Gasteiger charge is 2.18. The van der Waals surface area contributed by atoms with Gasteiger partial charge in [0, 0.05) is 5.92 Å². The van der Waals surface area contributed by atoms with Gasteiger partial charge in [0.25, 0.3) is 0 Å². The van der Waals surface area contributed by atoms with E-state index in [0.717, 1.165) is 16.9 Å². The Morgan fingerprint density at radius 2 is 1.62 bits per heavy atom. The number of para-hydroxylation sites is 1. The topological polar surface area (TPSA) is 38.7 Å². The molecule has 0 saturated heterocycles. The predicted molar refractivity (Wildman–Crippen MR) is 63.2 cm³/mol. The monoisotopic (exact) mass is 213 g/mol. The molecule has 0 bridgehead atoms. The lowest BCUT2D eigenvalue weighted by Gasteiger charge is -2.19. The fraction of sp³-hybridized carbons (Fsp3) is 0.462. The lowest BCUT2D eigenvalue weighted by Crippen LogP contribution is -2.09. The number of hydrogen-bond donors (Lipinski definition) is 0. The minimum absolute atomic E-state index is 0.533. The molecule has 82 valence electrons. The highest BCUT2D eigenvalue weighted by Crippen LogP contribution is 2.30. The molecule has 0 N–H and O–H groups in total. The molecule has 1 aromatic carbocycles. The van der Waals surface area contributed by atoms with Gasteiger partial charge in [-0.05, 0) is 25.0 Å². The first-order chi connectivity index (χ1) is 7.93. The van der Waals surface area contributed by atoms with Crippen LogP contribution in [0.1, 0.15) is 43.8 Å². The molecule has 3 nitrogen and oxygen atoms in total. The number of rotatable bonds is 1. The molecule has 1 saturated carbocycles. The van der Waals surface area contributed by atoms with Crippen LogP contribution < -0.4 is 0 Å². The van der Waals surface area contributed by atoms with E-state index in [-0.39, 0.29) is 0 Å². The van der Waals surface area contributed by atoms with Gasteiger partial charge < -0.3 is 0 Å². The highest BCUT2D eigenvalue weighted by atomic mass is 15.2. The molecule has 3 rings (SSSR count). The number of aromatic nitrogens is 3. The van der Waals surface area contributed by atoms with Gasteiger partial charge in [0.05, 0.1) is 5.52 Å². The third-order valence-electron chi connectivity index (χ3n) is 3.35. The summed E-state index contributed by atoms with van der Waals surface area (Å²) in [4.78, 5) is 4.63. The van der Waals surface area contributed by atoms with Crippen molar-refractivity contribution in [2.45, 2.75) is 38.0 Å². The summed E-state index contributed by atoms with van der Waals surface area (Å²) in [7, 11) is 0. The Labute approximate surface area is 94.9 Å². The lowest BCUT2D eigenvalue weighted by atomic mass is 9.89. The first-order valence-electron chi connectivity index (χ1n) is 6.03. The van der Waals surface area contributed by atoms with E-state index in [1.165, 1.54) is 32.1 Å². The molecule has 0 unspecified atom stereocenters. The van der Waals surface area contributed by atoms with Crippen molar-refractivity contribution in [2.75, 3.05) is 0 Å². The van der Waals surface area contributed by atoms with Crippen LogP contribution in [-0.2, 0) is 0 Å². The predicted octanol–water partition coefficient (Wildman–Crippen LogP) is 3.07. The molecule has 0 aliphatic heterocycles. The van der Waals surface area contributed by atoms with Crippen molar-refractivity contribution in [3.05, 3.63) is 30.1 Å². The summed E-state index contributed by atoms with van der Waals surface area (Å²) in [6.07, 6.45) is 6.42. The third kappa shape index (κ3) is 1.77. The Morgan fingerprint density at radius 1 is 0.875 bits per heavy atom. The Hall–Kier alpha value is -1.51. The number of fused-ring (bicyclic) bond motifs is 1. The Morgan fingerprint density at radius 3 is 2.44 bits per heavy atom. The summed E-state index contributed by atoms with van der Waals surface area (Å²) in [5.74, 6) is 1.48. The molecule has 3 heteroatoms. The van der Waals surface area contributed by atoms with Crippen molar-refractivity contribution < 1.29 is 0 Å². The van der Waals surface area contributed by atoms with Crippen molar-refractivity contribution in [3.63, 3.8) is 0 Å². The second-order valence-electron chi connectivity index (χ2n) is 4.49. The van der Waals surface area contributed by atoms with Gasteiger partial charge in [-0.2, -0.15) is 0 Å². The molecule has 0 amide bonds. The van der Waals surface area contributed by atoms with Crippen LogP contribution in [0.3, 0.4) is 0 Å². The molecule has 1 aliphatic carbocycles. The van der Waals surface area contributed by atoms with E-state index in [4.69, 9.17) is 0 Å². The summed E-state index contributed by atoms with van der Waals surface area (Å²) in [5.41, 5.74) is 1.86. The first kappa shape index (κ1) is 9.70. The zero-order chi connectivity index (χ0) is 10.8. The van der Waals surface area contributed by atoms with Gasteiger partial charge in [0.2, 0.25) is 0 Å². The SMILES string of the molecule is c1ccc2nc(C3CCCCC3)nnc2c1. The Bertz CT molecular complexity index is 489. The number of nitrogens with zero attached hydrogens (tertiary/aromatic N) is 3. The lowest BCUT2D eigenvalue weighted by molar-refractivity contribution is 0.426. The first-order valence-corrected chi connectivity index (χ1v) is 6.03. The summed E-state index contributed by atoms with van der Waals surface area (Å²) in [5, 5.41) is 8.51. The maximum absolute atomic E-state index is 4.63. The van der Waals surface area contributed by atoms with Gasteiger partial charge in [-0.3, -0.25) is 0 Å². The standard InChI is InChI=1S/C13H15N3/c1-2-6-10(7-3-1)13-14-11-8-4-5-9-12(11)15-16-13/h4-5,8-10H,1-3,6-7H2. The molecule has 0 atom stereocenters. The Balaban J connectivity index is 1.97. The van der Waals surface area contributed by atoms with Crippen molar-refractivity contribution in [1.29, 1.82) is 0 Å². The summed E-state index contributed by atoms with van der Waals surface area (Å²) in [6, 6.07) is 7.94. The van der Waals surface area contributed by atoms with Crippen LogP contribution in [0.15, 0.2) is 24.3 Å². The van der Waals surface area contributed by atoms with Crippen molar-refractivity contribution in [2.24, 2.45) is 0 Å². The van der Waals surface area contributed by atoms with Crippen molar-refractivity contribution in [1.82, 2.24) is 15.2 Å². The van der Waals surface area contributed by atoms with E-state index in [1.54, 1.807) is 0 Å². The highest BCUT2D eigenvalue weighted by molar-refractivity contribution is 5.72. The van der Waals surface area contributed by atoms with E-state index < -0.39 is 0 Å². The van der Waals surface area contributed by atoms with Crippen molar-refractivity contribution >= 4 is 11.0 Å². The molecule has 16 heavy (non-hydrogen) atoms. The second kappa shape index (κ2) is 4.16. The zero-order valence-corrected chi connectivity index (χ0v) is 9.26. The van der Waals surface area contributed by atoms with Crippen LogP contribution >= 0.6 is 0 Å². The van der Waals surface area contributed by atoms with Gasteiger partial charge in [-0.1, -0.05) is 31.4 Å². The van der Waals surface area contributed by atoms with Crippen LogP contribution in [-0.4, -0.2) is 15.2 Å². The van der Waals surface area contributed by atoms with Gasteiger partial charge in [0.1, 0.15) is 5.52 Å². The van der Waals surface area contributed by atoms with Gasteiger partial charge in [-0.15, -0.1) is 10.2 Å². The summed E-state index contributed by atoms with van der Waals surface area (Å²) < 4.78 is 0. The van der Waals surface area contributed by atoms with E-state index in [1.807, 2.05) is 24.3 Å². The van der Waals surface area contributed by atoms with Crippen LogP contribution in [0.2, 0.25) is 0 Å². The second-order valence-corrected chi connectivity index (χ2v) is 4.49. The van der Waals surface area contributed by atoms with Crippen molar-refractivity contribution in [3.8, 4) is 0 Å². The molecule has 1 aliphatic rings. The third-order valence-corrected chi connectivity index (χ3v) is 3.35. The smallest absolute Gasteiger partial charge is 0.154 e.